The molecular weight excluding hydrogens is 408 g/mol. The summed E-state index contributed by atoms with van der Waals surface area (Å²) in [6.45, 7) is 4.32. The molecule has 0 amide bonds. The first-order valence-corrected chi connectivity index (χ1v) is 10.9. The average Bonchev–Trinajstić information content (AvgIpc) is 2.81. The molecule has 0 saturated carbocycles. The summed E-state index contributed by atoms with van der Waals surface area (Å²) in [5, 5.41) is 11.0. The molecule has 0 spiro atoms. The molecule has 0 radical (unpaired) electrons. The van der Waals surface area contributed by atoms with Crippen molar-refractivity contribution in [2.24, 2.45) is 5.92 Å². The number of esters is 2. The summed E-state index contributed by atoms with van der Waals surface area (Å²) in [6.07, 6.45) is 2.45. The van der Waals surface area contributed by atoms with E-state index in [0.29, 0.717) is 45.5 Å². The number of aliphatic hydroxyl groups is 1. The van der Waals surface area contributed by atoms with Crippen LogP contribution in [0.5, 0.6) is 0 Å². The van der Waals surface area contributed by atoms with E-state index in [2.05, 4.69) is 18.8 Å². The Morgan fingerprint density at radius 1 is 0.969 bits per heavy atom. The molecule has 0 bridgehead atoms. The molecule has 0 aliphatic heterocycles. The van der Waals surface area contributed by atoms with Gasteiger partial charge in [-0.25, -0.2) is 14.8 Å². The molecule has 0 aliphatic carbocycles. The topological polar surface area (TPSA) is 98.6 Å². The summed E-state index contributed by atoms with van der Waals surface area (Å²) in [5.41, 5.74) is 2.82. The Hall–Kier alpha value is -3.06. The first-order chi connectivity index (χ1) is 15.4. The van der Waals surface area contributed by atoms with Crippen molar-refractivity contribution < 1.29 is 24.2 Å². The molecule has 0 fully saturated rings. The number of hydrogen-bond acceptors (Lipinski definition) is 7. The molecule has 32 heavy (non-hydrogen) atoms. The van der Waals surface area contributed by atoms with Crippen molar-refractivity contribution in [1.29, 1.82) is 0 Å². The van der Waals surface area contributed by atoms with Crippen LogP contribution in [0.3, 0.4) is 0 Å². The third-order valence-electron chi connectivity index (χ3n) is 6.00. The van der Waals surface area contributed by atoms with Gasteiger partial charge in [0, 0.05) is 0 Å². The molecule has 2 aromatic carbocycles. The van der Waals surface area contributed by atoms with Crippen LogP contribution in [-0.2, 0) is 14.3 Å². The van der Waals surface area contributed by atoms with E-state index in [9.17, 15) is 14.7 Å². The van der Waals surface area contributed by atoms with Gasteiger partial charge in [0.15, 0.2) is 0 Å². The van der Waals surface area contributed by atoms with Crippen molar-refractivity contribution in [1.82, 2.24) is 9.97 Å². The lowest BCUT2D eigenvalue weighted by molar-refractivity contribution is -0.145. The van der Waals surface area contributed by atoms with Crippen LogP contribution in [0.4, 0.5) is 0 Å². The zero-order chi connectivity index (χ0) is 23.3. The maximum Gasteiger partial charge on any atom is 0.340 e. The minimum absolute atomic E-state index is 0.319. The van der Waals surface area contributed by atoms with Crippen molar-refractivity contribution >= 4 is 34.0 Å². The maximum absolute atomic E-state index is 12.7. The number of carbonyl (C=O) groups is 2. The number of hydrogen-bond donors (Lipinski definition) is 1. The van der Waals surface area contributed by atoms with Gasteiger partial charge in [0.25, 0.3) is 0 Å². The minimum atomic E-state index is -0.906. The van der Waals surface area contributed by atoms with Crippen LogP contribution in [-0.4, -0.2) is 47.3 Å². The molecule has 1 aromatic heterocycles. The highest BCUT2D eigenvalue weighted by Crippen LogP contribution is 2.31. The van der Waals surface area contributed by atoms with Crippen molar-refractivity contribution in [3.63, 3.8) is 0 Å². The Kier molecular flexibility index (Phi) is 7.75. The van der Waals surface area contributed by atoms with Gasteiger partial charge in [-0.3, -0.25) is 4.79 Å². The van der Waals surface area contributed by atoms with E-state index in [0.717, 1.165) is 19.3 Å². The second kappa shape index (κ2) is 10.5. The number of fused-ring (bicyclic) bond motifs is 2. The number of rotatable bonds is 9. The fourth-order valence-corrected chi connectivity index (χ4v) is 3.93. The monoisotopic (exact) mass is 438 g/mol. The average molecular weight is 439 g/mol. The SMILES string of the molecule is CC[C@@H](C)CCC[C@@H](O)[C@H](C(=O)OC)c1cccc2nc3c(C(=O)OC)cccc3nc12. The first-order valence-electron chi connectivity index (χ1n) is 10.9. The molecule has 0 saturated heterocycles. The summed E-state index contributed by atoms with van der Waals surface area (Å²) < 4.78 is 9.89. The predicted molar refractivity (Wildman–Crippen MR) is 122 cm³/mol. The number of nitrogens with zero attached hydrogens (tertiary/aromatic N) is 2. The van der Waals surface area contributed by atoms with Crippen LogP contribution in [0.1, 0.15) is 61.4 Å². The standard InChI is InChI=1S/C25H30N2O5/c1-5-15(2)9-6-14-20(28)21(25(30)32-4)16-10-7-12-18-22(16)26-19-13-8-11-17(23(19)27-18)24(29)31-3/h7-8,10-13,15,20-21,28H,5-6,9,14H2,1-4H3/t15-,20-,21-/m1/s1. The van der Waals surface area contributed by atoms with E-state index < -0.39 is 24.0 Å². The third kappa shape index (κ3) is 4.88. The minimum Gasteiger partial charge on any atom is -0.468 e. The molecule has 0 unspecified atom stereocenters. The number of aromatic nitrogens is 2. The quantitative estimate of drug-likeness (QED) is 0.390. The predicted octanol–water partition coefficient (Wildman–Crippen LogP) is 4.40. The Balaban J connectivity index is 2.07. The van der Waals surface area contributed by atoms with E-state index in [1.165, 1.54) is 14.2 Å². The highest BCUT2D eigenvalue weighted by Gasteiger charge is 2.31. The summed E-state index contributed by atoms with van der Waals surface area (Å²) in [6, 6.07) is 10.4. The molecule has 1 N–H and O–H groups in total. The lowest BCUT2D eigenvalue weighted by atomic mass is 9.88. The highest BCUT2D eigenvalue weighted by atomic mass is 16.5. The zero-order valence-electron chi connectivity index (χ0n) is 19.0. The van der Waals surface area contributed by atoms with Gasteiger partial charge in [-0.15, -0.1) is 0 Å². The Bertz CT molecular complexity index is 1110. The fraction of sp³-hybridized carbons (Fsp3) is 0.440. The maximum atomic E-state index is 12.7. The van der Waals surface area contributed by atoms with Gasteiger partial charge in [-0.1, -0.05) is 51.3 Å². The van der Waals surface area contributed by atoms with Crippen molar-refractivity contribution in [2.45, 2.75) is 51.6 Å². The lowest BCUT2D eigenvalue weighted by Gasteiger charge is -2.22. The second-order valence-electron chi connectivity index (χ2n) is 8.12. The first kappa shape index (κ1) is 23.6. The summed E-state index contributed by atoms with van der Waals surface area (Å²) in [5.74, 6) is -1.32. The molecular formula is C25H30N2O5. The molecule has 1 heterocycles. The molecule has 0 aliphatic rings. The van der Waals surface area contributed by atoms with Crippen LogP contribution in [0.2, 0.25) is 0 Å². The molecule has 7 heteroatoms. The van der Waals surface area contributed by atoms with Crippen LogP contribution < -0.4 is 0 Å². The highest BCUT2D eigenvalue weighted by molar-refractivity contribution is 6.03. The Morgan fingerprint density at radius 2 is 1.62 bits per heavy atom. The number of carbonyl (C=O) groups excluding carboxylic acids is 2. The molecule has 3 atom stereocenters. The Morgan fingerprint density at radius 3 is 2.28 bits per heavy atom. The van der Waals surface area contributed by atoms with E-state index in [-0.39, 0.29) is 0 Å². The van der Waals surface area contributed by atoms with Gasteiger partial charge in [0.2, 0.25) is 0 Å². The normalized spacial score (nSPS) is 14.2. The fourth-order valence-electron chi connectivity index (χ4n) is 3.93. The lowest BCUT2D eigenvalue weighted by Crippen LogP contribution is -2.28. The van der Waals surface area contributed by atoms with Gasteiger partial charge in [-0.2, -0.15) is 0 Å². The van der Waals surface area contributed by atoms with Crippen molar-refractivity contribution in [3.05, 3.63) is 47.5 Å². The van der Waals surface area contributed by atoms with Crippen LogP contribution in [0.15, 0.2) is 36.4 Å². The van der Waals surface area contributed by atoms with Gasteiger partial charge in [0.05, 0.1) is 42.4 Å². The van der Waals surface area contributed by atoms with Gasteiger partial charge in [-0.05, 0) is 36.1 Å². The smallest absolute Gasteiger partial charge is 0.340 e. The van der Waals surface area contributed by atoms with Crippen molar-refractivity contribution in [2.75, 3.05) is 14.2 Å². The van der Waals surface area contributed by atoms with Crippen LogP contribution >= 0.6 is 0 Å². The molecule has 3 aromatic rings. The van der Waals surface area contributed by atoms with Gasteiger partial charge in [0.1, 0.15) is 11.4 Å². The summed E-state index contributed by atoms with van der Waals surface area (Å²) in [4.78, 5) is 34.2. The number of aliphatic hydroxyl groups excluding tert-OH is 1. The van der Waals surface area contributed by atoms with E-state index in [1.807, 2.05) is 0 Å². The van der Waals surface area contributed by atoms with E-state index in [4.69, 9.17) is 14.5 Å². The summed E-state index contributed by atoms with van der Waals surface area (Å²) in [7, 11) is 2.63. The summed E-state index contributed by atoms with van der Waals surface area (Å²) >= 11 is 0. The largest absolute Gasteiger partial charge is 0.468 e. The molecule has 7 nitrogen and oxygen atoms in total. The van der Waals surface area contributed by atoms with Crippen molar-refractivity contribution in [3.8, 4) is 0 Å². The number of ether oxygens (including phenoxy) is 2. The van der Waals surface area contributed by atoms with Crippen LogP contribution in [0, 0.1) is 5.92 Å². The third-order valence-corrected chi connectivity index (χ3v) is 6.00. The number of methoxy groups -OCH3 is 2. The van der Waals surface area contributed by atoms with E-state index >= 15 is 0 Å². The van der Waals surface area contributed by atoms with Gasteiger partial charge >= 0.3 is 11.9 Å². The molecule has 170 valence electrons. The Labute approximate surface area is 187 Å². The second-order valence-corrected chi connectivity index (χ2v) is 8.12. The number of benzene rings is 2. The van der Waals surface area contributed by atoms with E-state index in [1.54, 1.807) is 36.4 Å². The zero-order valence-corrected chi connectivity index (χ0v) is 19.0. The molecule has 3 rings (SSSR count). The number of para-hydroxylation sites is 2. The van der Waals surface area contributed by atoms with Crippen LogP contribution in [0.25, 0.3) is 22.1 Å². The van der Waals surface area contributed by atoms with Gasteiger partial charge < -0.3 is 14.6 Å².